The number of ether oxygens (including phenoxy) is 2. The summed E-state index contributed by atoms with van der Waals surface area (Å²) in [7, 11) is 0. The first-order valence-corrected chi connectivity index (χ1v) is 7.09. The molecular weight excluding hydrogens is 274 g/mol. The Morgan fingerprint density at radius 2 is 1.90 bits per heavy atom. The Kier molecular flexibility index (Phi) is 5.55. The third-order valence-electron chi connectivity index (χ3n) is 3.44. The second-order valence-electron chi connectivity index (χ2n) is 4.83. The molecule has 6 nitrogen and oxygen atoms in total. The highest BCUT2D eigenvalue weighted by Gasteiger charge is 2.27. The molecule has 0 radical (unpaired) electrons. The average Bonchev–Trinajstić information content (AvgIpc) is 2.54. The summed E-state index contributed by atoms with van der Waals surface area (Å²) >= 11 is 0. The number of carbonyl (C=O) groups excluding carboxylic acids is 1. The van der Waals surface area contributed by atoms with E-state index in [2.05, 4.69) is 4.90 Å². The largest absolute Gasteiger partial charge is 0.464 e. The van der Waals surface area contributed by atoms with Crippen LogP contribution in [0.1, 0.15) is 18.6 Å². The van der Waals surface area contributed by atoms with Gasteiger partial charge in [-0.15, -0.1) is 0 Å². The van der Waals surface area contributed by atoms with Gasteiger partial charge in [0.05, 0.1) is 19.8 Å². The molecule has 116 valence electrons. The van der Waals surface area contributed by atoms with Crippen LogP contribution in [-0.2, 0) is 14.3 Å². The summed E-state index contributed by atoms with van der Waals surface area (Å²) in [6.07, 6.45) is -2.86. The number of morpholine rings is 1. The smallest absolute Gasteiger partial charge is 0.338 e. The van der Waals surface area contributed by atoms with Crippen molar-refractivity contribution < 1.29 is 24.5 Å². The maximum absolute atomic E-state index is 11.4. The summed E-state index contributed by atoms with van der Waals surface area (Å²) in [4.78, 5) is 13.6. The quantitative estimate of drug-likeness (QED) is 0.769. The Balaban J connectivity index is 2.02. The van der Waals surface area contributed by atoms with Gasteiger partial charge in [0.15, 0.2) is 6.10 Å². The molecule has 0 aromatic heterocycles. The van der Waals surface area contributed by atoms with Gasteiger partial charge < -0.3 is 24.6 Å². The van der Waals surface area contributed by atoms with Gasteiger partial charge in [0.1, 0.15) is 6.10 Å². The second kappa shape index (κ2) is 7.40. The molecule has 2 N–H and O–H groups in total. The number of esters is 1. The first kappa shape index (κ1) is 15.8. The molecule has 1 aromatic rings. The minimum Gasteiger partial charge on any atom is -0.464 e. The van der Waals surface area contributed by atoms with Crippen LogP contribution in [0.4, 0.5) is 5.69 Å². The molecule has 0 bridgehead atoms. The van der Waals surface area contributed by atoms with E-state index in [0.717, 1.165) is 18.8 Å². The van der Waals surface area contributed by atoms with Gasteiger partial charge in [0.25, 0.3) is 0 Å². The van der Waals surface area contributed by atoms with Gasteiger partial charge in [-0.1, -0.05) is 12.1 Å². The summed E-state index contributed by atoms with van der Waals surface area (Å²) in [5.41, 5.74) is 1.51. The van der Waals surface area contributed by atoms with Crippen molar-refractivity contribution in [3.63, 3.8) is 0 Å². The standard InChI is InChI=1S/C15H21NO5/c1-2-21-15(19)14(18)13(17)11-3-5-12(6-4-11)16-7-9-20-10-8-16/h3-6,13-14,17-18H,2,7-10H2,1H3. The topological polar surface area (TPSA) is 79.2 Å². The number of nitrogens with zero attached hydrogens (tertiary/aromatic N) is 1. The fourth-order valence-corrected chi connectivity index (χ4v) is 2.24. The molecule has 6 heteroatoms. The number of aliphatic hydroxyl groups excluding tert-OH is 2. The van der Waals surface area contributed by atoms with Crippen LogP contribution in [-0.4, -0.2) is 55.2 Å². The van der Waals surface area contributed by atoms with Crippen molar-refractivity contribution in [2.45, 2.75) is 19.1 Å². The molecule has 1 aliphatic heterocycles. The van der Waals surface area contributed by atoms with E-state index in [1.54, 1.807) is 19.1 Å². The number of hydrogen-bond donors (Lipinski definition) is 2. The Hall–Kier alpha value is -1.63. The van der Waals surface area contributed by atoms with Crippen molar-refractivity contribution in [1.29, 1.82) is 0 Å². The van der Waals surface area contributed by atoms with Gasteiger partial charge in [0.2, 0.25) is 0 Å². The first-order valence-electron chi connectivity index (χ1n) is 7.09. The van der Waals surface area contributed by atoms with E-state index in [1.165, 1.54) is 0 Å². The lowest BCUT2D eigenvalue weighted by molar-refractivity contribution is -0.159. The average molecular weight is 295 g/mol. The van der Waals surface area contributed by atoms with Gasteiger partial charge in [-0.05, 0) is 24.6 Å². The molecule has 1 fully saturated rings. The molecule has 1 heterocycles. The van der Waals surface area contributed by atoms with E-state index in [9.17, 15) is 15.0 Å². The van der Waals surface area contributed by atoms with Crippen LogP contribution in [0, 0.1) is 0 Å². The Morgan fingerprint density at radius 3 is 2.48 bits per heavy atom. The predicted molar refractivity (Wildman–Crippen MR) is 77.1 cm³/mol. The monoisotopic (exact) mass is 295 g/mol. The lowest BCUT2D eigenvalue weighted by Crippen LogP contribution is -2.36. The number of aliphatic hydroxyl groups is 2. The van der Waals surface area contributed by atoms with Gasteiger partial charge >= 0.3 is 5.97 Å². The number of rotatable bonds is 5. The maximum atomic E-state index is 11.4. The highest BCUT2D eigenvalue weighted by Crippen LogP contribution is 2.22. The van der Waals surface area contributed by atoms with Crippen LogP contribution in [0.3, 0.4) is 0 Å². The van der Waals surface area contributed by atoms with Crippen molar-refractivity contribution >= 4 is 11.7 Å². The summed E-state index contributed by atoms with van der Waals surface area (Å²) in [5, 5.41) is 19.7. The van der Waals surface area contributed by atoms with Crippen LogP contribution < -0.4 is 4.90 Å². The Bertz CT molecular complexity index is 456. The Morgan fingerprint density at radius 1 is 1.29 bits per heavy atom. The lowest BCUT2D eigenvalue weighted by atomic mass is 10.0. The number of benzene rings is 1. The van der Waals surface area contributed by atoms with E-state index < -0.39 is 18.2 Å². The summed E-state index contributed by atoms with van der Waals surface area (Å²) in [5.74, 6) is -0.817. The van der Waals surface area contributed by atoms with Crippen molar-refractivity contribution in [2.24, 2.45) is 0 Å². The Labute approximate surface area is 123 Å². The van der Waals surface area contributed by atoms with E-state index >= 15 is 0 Å². The zero-order valence-corrected chi connectivity index (χ0v) is 12.1. The highest BCUT2D eigenvalue weighted by atomic mass is 16.5. The molecule has 1 aliphatic rings. The zero-order chi connectivity index (χ0) is 15.2. The fourth-order valence-electron chi connectivity index (χ4n) is 2.24. The van der Waals surface area contributed by atoms with Crippen LogP contribution in [0.15, 0.2) is 24.3 Å². The molecule has 2 unspecified atom stereocenters. The summed E-state index contributed by atoms with van der Waals surface area (Å²) in [6, 6.07) is 7.14. The van der Waals surface area contributed by atoms with Crippen LogP contribution >= 0.6 is 0 Å². The van der Waals surface area contributed by atoms with Gasteiger partial charge in [-0.2, -0.15) is 0 Å². The fraction of sp³-hybridized carbons (Fsp3) is 0.533. The molecule has 0 saturated carbocycles. The van der Waals surface area contributed by atoms with Crippen LogP contribution in [0.25, 0.3) is 0 Å². The van der Waals surface area contributed by atoms with Crippen LogP contribution in [0.2, 0.25) is 0 Å². The molecule has 0 aliphatic carbocycles. The highest BCUT2D eigenvalue weighted by molar-refractivity contribution is 5.75. The molecule has 1 saturated heterocycles. The van der Waals surface area contributed by atoms with Gasteiger partial charge in [-0.3, -0.25) is 0 Å². The normalized spacial score (nSPS) is 18.1. The zero-order valence-electron chi connectivity index (χ0n) is 12.1. The lowest BCUT2D eigenvalue weighted by Gasteiger charge is -2.29. The third kappa shape index (κ3) is 3.93. The van der Waals surface area contributed by atoms with E-state index in [-0.39, 0.29) is 6.61 Å². The number of carbonyl (C=O) groups is 1. The number of hydrogen-bond acceptors (Lipinski definition) is 6. The SMILES string of the molecule is CCOC(=O)C(O)C(O)c1ccc(N2CCOCC2)cc1. The second-order valence-corrected chi connectivity index (χ2v) is 4.83. The van der Waals surface area contributed by atoms with Crippen molar-refractivity contribution in [3.05, 3.63) is 29.8 Å². The molecular formula is C15H21NO5. The van der Waals surface area contributed by atoms with E-state index in [0.29, 0.717) is 18.8 Å². The molecule has 1 aromatic carbocycles. The van der Waals surface area contributed by atoms with Crippen molar-refractivity contribution in [1.82, 2.24) is 0 Å². The molecule has 21 heavy (non-hydrogen) atoms. The van der Waals surface area contributed by atoms with E-state index in [4.69, 9.17) is 9.47 Å². The van der Waals surface area contributed by atoms with Crippen molar-refractivity contribution in [2.75, 3.05) is 37.8 Å². The predicted octanol–water partition coefficient (Wildman–Crippen LogP) is 0.481. The molecule has 0 spiro atoms. The van der Waals surface area contributed by atoms with Crippen molar-refractivity contribution in [3.8, 4) is 0 Å². The molecule has 2 rings (SSSR count). The summed E-state index contributed by atoms with van der Waals surface area (Å²) < 4.78 is 9.99. The maximum Gasteiger partial charge on any atom is 0.338 e. The third-order valence-corrected chi connectivity index (χ3v) is 3.44. The summed E-state index contributed by atoms with van der Waals surface area (Å²) in [6.45, 7) is 4.87. The number of anilines is 1. The first-order chi connectivity index (χ1) is 10.1. The molecule has 0 amide bonds. The minimum atomic E-state index is -1.57. The minimum absolute atomic E-state index is 0.165. The van der Waals surface area contributed by atoms with E-state index in [1.807, 2.05) is 12.1 Å². The van der Waals surface area contributed by atoms with Crippen LogP contribution in [0.5, 0.6) is 0 Å². The van der Waals surface area contributed by atoms with Gasteiger partial charge in [-0.25, -0.2) is 4.79 Å². The van der Waals surface area contributed by atoms with Gasteiger partial charge in [0, 0.05) is 18.8 Å². The molecule has 2 atom stereocenters.